The average Bonchev–Trinajstić information content (AvgIpc) is 3.11. The molecule has 1 N–H and O–H groups in total. The summed E-state index contributed by atoms with van der Waals surface area (Å²) >= 11 is 1.56. The lowest BCUT2D eigenvalue weighted by Crippen LogP contribution is -2.29. The van der Waals surface area contributed by atoms with Crippen molar-refractivity contribution < 1.29 is 5.11 Å². The molecule has 0 radical (unpaired) electrons. The summed E-state index contributed by atoms with van der Waals surface area (Å²) in [5.41, 5.74) is 1.16. The second-order valence-electron chi connectivity index (χ2n) is 4.95. The first-order valence-electron chi connectivity index (χ1n) is 7.10. The van der Waals surface area contributed by atoms with Crippen molar-refractivity contribution in [2.45, 2.75) is 12.6 Å². The van der Waals surface area contributed by atoms with E-state index < -0.39 is 6.10 Å². The molecule has 4 nitrogen and oxygen atoms in total. The quantitative estimate of drug-likeness (QED) is 0.759. The molecule has 5 heteroatoms. The standard InChI is InChI=1S/C17H17N3OS/c21-15(16-8-4-11-22-16)13-20(17-18-9-5-10-19-17)12-14-6-2-1-3-7-14/h1-11,15,21H,12-13H2/t15-/m1/s1. The normalized spacial score (nSPS) is 12.0. The number of nitrogens with zero attached hydrogens (tertiary/aromatic N) is 3. The molecule has 0 amide bonds. The molecular weight excluding hydrogens is 294 g/mol. The summed E-state index contributed by atoms with van der Waals surface area (Å²) in [5, 5.41) is 12.4. The van der Waals surface area contributed by atoms with Gasteiger partial charge in [0.1, 0.15) is 6.10 Å². The van der Waals surface area contributed by atoms with Gasteiger partial charge in [0, 0.05) is 23.8 Å². The van der Waals surface area contributed by atoms with Crippen LogP contribution in [0.5, 0.6) is 0 Å². The molecule has 0 spiro atoms. The molecule has 0 aliphatic rings. The van der Waals surface area contributed by atoms with Crippen LogP contribution in [0, 0.1) is 0 Å². The van der Waals surface area contributed by atoms with Crippen LogP contribution >= 0.6 is 11.3 Å². The molecule has 0 unspecified atom stereocenters. The molecule has 0 aliphatic heterocycles. The minimum absolute atomic E-state index is 0.458. The minimum Gasteiger partial charge on any atom is -0.386 e. The van der Waals surface area contributed by atoms with Crippen LogP contribution in [0.2, 0.25) is 0 Å². The van der Waals surface area contributed by atoms with Gasteiger partial charge in [-0.2, -0.15) is 0 Å². The molecule has 2 heterocycles. The fourth-order valence-corrected chi connectivity index (χ4v) is 2.96. The van der Waals surface area contributed by atoms with E-state index in [1.54, 1.807) is 29.8 Å². The van der Waals surface area contributed by atoms with Crippen LogP contribution in [-0.2, 0) is 6.54 Å². The molecule has 0 aliphatic carbocycles. The first-order valence-corrected chi connectivity index (χ1v) is 7.98. The molecule has 0 fully saturated rings. The predicted molar refractivity (Wildman–Crippen MR) is 88.8 cm³/mol. The highest BCUT2D eigenvalue weighted by molar-refractivity contribution is 7.10. The second kappa shape index (κ2) is 7.15. The summed E-state index contributed by atoms with van der Waals surface area (Å²) in [6.45, 7) is 1.12. The predicted octanol–water partition coefficient (Wildman–Crippen LogP) is 3.28. The Kier molecular flexibility index (Phi) is 4.78. The van der Waals surface area contributed by atoms with Crippen molar-refractivity contribution in [3.05, 3.63) is 76.7 Å². The van der Waals surface area contributed by atoms with Gasteiger partial charge in [-0.05, 0) is 23.1 Å². The van der Waals surface area contributed by atoms with E-state index in [9.17, 15) is 5.11 Å². The van der Waals surface area contributed by atoms with Gasteiger partial charge in [0.05, 0.1) is 6.54 Å². The lowest BCUT2D eigenvalue weighted by molar-refractivity contribution is 0.186. The maximum absolute atomic E-state index is 10.4. The van der Waals surface area contributed by atoms with Gasteiger partial charge in [0.15, 0.2) is 0 Å². The number of rotatable bonds is 6. The number of thiophene rings is 1. The molecule has 0 saturated heterocycles. The minimum atomic E-state index is -0.549. The first-order chi connectivity index (χ1) is 10.8. The van der Waals surface area contributed by atoms with Crippen molar-refractivity contribution in [3.63, 3.8) is 0 Å². The van der Waals surface area contributed by atoms with Gasteiger partial charge in [0.2, 0.25) is 5.95 Å². The highest BCUT2D eigenvalue weighted by Gasteiger charge is 2.17. The Labute approximate surface area is 133 Å². The van der Waals surface area contributed by atoms with Crippen LogP contribution in [0.25, 0.3) is 0 Å². The Morgan fingerprint density at radius 2 is 1.77 bits per heavy atom. The summed E-state index contributed by atoms with van der Waals surface area (Å²) in [6.07, 6.45) is 2.89. The number of benzene rings is 1. The third kappa shape index (κ3) is 3.69. The van der Waals surface area contributed by atoms with Gasteiger partial charge in [-0.1, -0.05) is 36.4 Å². The van der Waals surface area contributed by atoms with Crippen LogP contribution in [0.1, 0.15) is 16.5 Å². The largest absolute Gasteiger partial charge is 0.386 e. The van der Waals surface area contributed by atoms with Gasteiger partial charge in [0.25, 0.3) is 0 Å². The molecule has 22 heavy (non-hydrogen) atoms. The summed E-state index contributed by atoms with van der Waals surface area (Å²) in [7, 11) is 0. The van der Waals surface area contributed by atoms with Crippen molar-refractivity contribution in [3.8, 4) is 0 Å². The first kappa shape index (κ1) is 14.7. The van der Waals surface area contributed by atoms with Crippen LogP contribution in [0.3, 0.4) is 0 Å². The Morgan fingerprint density at radius 3 is 2.45 bits per heavy atom. The molecule has 2 aromatic heterocycles. The second-order valence-corrected chi connectivity index (χ2v) is 5.93. The number of aromatic nitrogens is 2. The van der Waals surface area contributed by atoms with Crippen LogP contribution < -0.4 is 4.90 Å². The lowest BCUT2D eigenvalue weighted by Gasteiger charge is -2.25. The number of hydrogen-bond donors (Lipinski definition) is 1. The zero-order valence-electron chi connectivity index (χ0n) is 12.0. The van der Waals surface area contributed by atoms with Crippen molar-refractivity contribution in [2.24, 2.45) is 0 Å². The van der Waals surface area contributed by atoms with Crippen LogP contribution in [0.4, 0.5) is 5.95 Å². The smallest absolute Gasteiger partial charge is 0.225 e. The summed E-state index contributed by atoms with van der Waals surface area (Å²) in [5.74, 6) is 0.627. The summed E-state index contributed by atoms with van der Waals surface area (Å²) in [4.78, 5) is 11.6. The van der Waals surface area contributed by atoms with Crippen molar-refractivity contribution in [1.29, 1.82) is 0 Å². The molecular formula is C17H17N3OS. The third-order valence-electron chi connectivity index (χ3n) is 3.32. The topological polar surface area (TPSA) is 49.2 Å². The zero-order valence-corrected chi connectivity index (χ0v) is 12.9. The lowest BCUT2D eigenvalue weighted by atomic mass is 10.2. The van der Waals surface area contributed by atoms with Gasteiger partial charge in [-0.15, -0.1) is 11.3 Å². The number of aliphatic hydroxyl groups is 1. The van der Waals surface area contributed by atoms with Gasteiger partial charge < -0.3 is 10.0 Å². The Hall–Kier alpha value is -2.24. The van der Waals surface area contributed by atoms with Crippen LogP contribution in [0.15, 0.2) is 66.3 Å². The van der Waals surface area contributed by atoms with E-state index in [0.29, 0.717) is 19.0 Å². The number of anilines is 1. The van der Waals surface area contributed by atoms with Gasteiger partial charge >= 0.3 is 0 Å². The van der Waals surface area contributed by atoms with E-state index in [1.165, 1.54) is 0 Å². The van der Waals surface area contributed by atoms with E-state index in [4.69, 9.17) is 0 Å². The third-order valence-corrected chi connectivity index (χ3v) is 4.29. The molecule has 1 atom stereocenters. The Balaban J connectivity index is 1.80. The van der Waals surface area contributed by atoms with Crippen molar-refractivity contribution in [1.82, 2.24) is 9.97 Å². The van der Waals surface area contributed by atoms with Crippen molar-refractivity contribution in [2.75, 3.05) is 11.4 Å². The monoisotopic (exact) mass is 311 g/mol. The number of hydrogen-bond acceptors (Lipinski definition) is 5. The van der Waals surface area contributed by atoms with Gasteiger partial charge in [-0.25, -0.2) is 9.97 Å². The molecule has 1 aromatic carbocycles. The maximum atomic E-state index is 10.4. The van der Waals surface area contributed by atoms with E-state index in [-0.39, 0.29) is 0 Å². The highest BCUT2D eigenvalue weighted by Crippen LogP contribution is 2.22. The molecule has 0 bridgehead atoms. The van der Waals surface area contributed by atoms with Crippen molar-refractivity contribution >= 4 is 17.3 Å². The Bertz CT molecular complexity index is 674. The van der Waals surface area contributed by atoms with E-state index in [0.717, 1.165) is 10.4 Å². The molecule has 112 valence electrons. The number of aliphatic hydroxyl groups excluding tert-OH is 1. The highest BCUT2D eigenvalue weighted by atomic mass is 32.1. The fourth-order valence-electron chi connectivity index (χ4n) is 2.25. The Morgan fingerprint density at radius 1 is 1.00 bits per heavy atom. The molecule has 3 rings (SSSR count). The SMILES string of the molecule is O[C@H](CN(Cc1ccccc1)c1ncccn1)c1cccs1. The summed E-state index contributed by atoms with van der Waals surface area (Å²) < 4.78 is 0. The summed E-state index contributed by atoms with van der Waals surface area (Å²) in [6, 6.07) is 15.8. The van der Waals surface area contributed by atoms with Gasteiger partial charge in [-0.3, -0.25) is 0 Å². The maximum Gasteiger partial charge on any atom is 0.225 e. The fraction of sp³-hybridized carbons (Fsp3) is 0.176. The zero-order chi connectivity index (χ0) is 15.2. The molecule has 0 saturated carbocycles. The van der Waals surface area contributed by atoms with E-state index in [1.807, 2.05) is 40.6 Å². The van der Waals surface area contributed by atoms with E-state index >= 15 is 0 Å². The van der Waals surface area contributed by atoms with Crippen LogP contribution in [-0.4, -0.2) is 21.6 Å². The molecule has 3 aromatic rings. The van der Waals surface area contributed by atoms with E-state index in [2.05, 4.69) is 22.1 Å². The average molecular weight is 311 g/mol.